The molecule has 4 fully saturated rings. The van der Waals surface area contributed by atoms with Crippen LogP contribution in [0.1, 0.15) is 40.0 Å². The molecule has 4 N–H and O–H groups in total. The van der Waals surface area contributed by atoms with E-state index in [4.69, 9.17) is 9.57 Å². The summed E-state index contributed by atoms with van der Waals surface area (Å²) in [6.07, 6.45) is 3.32. The first-order valence-electron chi connectivity index (χ1n) is 15.0. The van der Waals surface area contributed by atoms with Gasteiger partial charge in [-0.25, -0.2) is 14.2 Å². The standard InChI is InChI=1S/C28H43FN8O4/c1-5-21(38)35-10-11-36(16(4)14-35)26-17-13-18(29)23-25-31-20(41-34-25)7-6-12-40-19-8-9-30-22(15(2)3)24(19)37(27(17)32-23)28(39)33-26/h5-6,12,15-19,22-27,30,32,34H,1,7-11,13-14H2,2-4H3,(H,33,39)/b12-6-/t16-,17?,18?,19?,22?,23?,24?,25?,26?,27?/m0/s1. The van der Waals surface area contributed by atoms with Crippen molar-refractivity contribution in [3.8, 4) is 0 Å². The molecule has 6 heterocycles. The van der Waals surface area contributed by atoms with E-state index < -0.39 is 30.7 Å². The van der Waals surface area contributed by atoms with Crippen LogP contribution >= 0.6 is 0 Å². The molecule has 13 heteroatoms. The molecule has 0 spiro atoms. The van der Waals surface area contributed by atoms with Crippen molar-refractivity contribution in [2.45, 2.75) is 95.0 Å². The number of piperazine rings is 1. The molecule has 3 amide bonds. The number of carbonyl (C=O) groups excluding carboxylic acids is 2. The number of nitrogens with one attached hydrogen (secondary N) is 4. The average Bonchev–Trinajstić information content (AvgIpc) is 3.43. The lowest BCUT2D eigenvalue weighted by molar-refractivity contribution is -0.132. The Morgan fingerprint density at radius 3 is 2.88 bits per heavy atom. The minimum absolute atomic E-state index is 0.0112. The van der Waals surface area contributed by atoms with Crippen molar-refractivity contribution in [3.63, 3.8) is 0 Å². The van der Waals surface area contributed by atoms with Crippen molar-refractivity contribution in [3.05, 3.63) is 25.0 Å². The van der Waals surface area contributed by atoms with Gasteiger partial charge in [0.05, 0.1) is 30.7 Å². The normalized spacial score (nSPS) is 41.9. The number of hydrogen-bond donors (Lipinski definition) is 4. The van der Waals surface area contributed by atoms with Crippen molar-refractivity contribution in [2.75, 3.05) is 26.2 Å². The Bertz CT molecular complexity index is 1090. The van der Waals surface area contributed by atoms with Crippen molar-refractivity contribution >= 4 is 17.8 Å². The average molecular weight is 575 g/mol. The third kappa shape index (κ3) is 5.21. The fraction of sp³-hybridized carbons (Fsp3) is 0.750. The first-order chi connectivity index (χ1) is 19.8. The first-order valence-corrected chi connectivity index (χ1v) is 15.0. The summed E-state index contributed by atoms with van der Waals surface area (Å²) < 4.78 is 22.4. The van der Waals surface area contributed by atoms with Crippen molar-refractivity contribution < 1.29 is 23.6 Å². The van der Waals surface area contributed by atoms with Gasteiger partial charge < -0.3 is 30.0 Å². The van der Waals surface area contributed by atoms with E-state index in [1.54, 1.807) is 11.2 Å². The molecule has 0 radical (unpaired) electrons. The van der Waals surface area contributed by atoms with Gasteiger partial charge in [-0.3, -0.25) is 15.0 Å². The second kappa shape index (κ2) is 11.5. The maximum absolute atomic E-state index is 16.1. The third-order valence-corrected chi connectivity index (χ3v) is 9.55. The largest absolute Gasteiger partial charge is 0.496 e. The molecular weight excluding hydrogens is 531 g/mol. The molecule has 226 valence electrons. The van der Waals surface area contributed by atoms with Crippen LogP contribution in [0.15, 0.2) is 30.0 Å². The molecule has 6 rings (SSSR count). The summed E-state index contributed by atoms with van der Waals surface area (Å²) in [6.45, 7) is 12.3. The summed E-state index contributed by atoms with van der Waals surface area (Å²) in [5, 5.41) is 10.5. The van der Waals surface area contributed by atoms with Crippen LogP contribution < -0.4 is 21.4 Å². The maximum Gasteiger partial charge on any atom is 0.320 e. The van der Waals surface area contributed by atoms with Gasteiger partial charge in [-0.2, -0.15) is 0 Å². The highest BCUT2D eigenvalue weighted by molar-refractivity contribution is 5.87. The van der Waals surface area contributed by atoms with E-state index in [0.717, 1.165) is 13.0 Å². The van der Waals surface area contributed by atoms with Crippen LogP contribution in [0.3, 0.4) is 0 Å². The van der Waals surface area contributed by atoms with Crippen LogP contribution in [0.4, 0.5) is 9.18 Å². The van der Waals surface area contributed by atoms with Crippen LogP contribution in [-0.2, 0) is 14.4 Å². The number of ether oxygens (including phenoxy) is 1. The molecule has 12 nitrogen and oxygen atoms in total. The number of halogens is 1. The summed E-state index contributed by atoms with van der Waals surface area (Å²) in [5.74, 6) is 0.344. The first kappa shape index (κ1) is 28.4. The van der Waals surface area contributed by atoms with Gasteiger partial charge in [0.15, 0.2) is 6.17 Å². The third-order valence-electron chi connectivity index (χ3n) is 9.55. The number of hydroxylamine groups is 1. The van der Waals surface area contributed by atoms with E-state index in [1.807, 2.05) is 17.9 Å². The van der Waals surface area contributed by atoms with E-state index in [1.165, 1.54) is 6.08 Å². The number of nitrogens with zero attached hydrogens (tertiary/aromatic N) is 4. The van der Waals surface area contributed by atoms with Crippen LogP contribution in [0.25, 0.3) is 0 Å². The lowest BCUT2D eigenvalue weighted by atomic mass is 9.80. The molecule has 6 aliphatic rings. The molecule has 6 aliphatic heterocycles. The summed E-state index contributed by atoms with van der Waals surface area (Å²) in [5.41, 5.74) is 2.89. The zero-order valence-corrected chi connectivity index (χ0v) is 24.0. The molecule has 0 saturated carbocycles. The van der Waals surface area contributed by atoms with Crippen molar-refractivity contribution in [1.82, 2.24) is 36.1 Å². The Morgan fingerprint density at radius 2 is 2.12 bits per heavy atom. The fourth-order valence-corrected chi connectivity index (χ4v) is 7.57. The molecule has 10 atom stereocenters. The second-order valence-electron chi connectivity index (χ2n) is 12.4. The van der Waals surface area contributed by atoms with Crippen LogP contribution in [0.2, 0.25) is 0 Å². The highest BCUT2D eigenvalue weighted by Crippen LogP contribution is 2.38. The van der Waals surface area contributed by atoms with Gasteiger partial charge in [0.25, 0.3) is 0 Å². The van der Waals surface area contributed by atoms with Crippen LogP contribution in [-0.4, -0.2) is 114 Å². The predicted molar refractivity (Wildman–Crippen MR) is 150 cm³/mol. The monoisotopic (exact) mass is 574 g/mol. The van der Waals surface area contributed by atoms with Gasteiger partial charge in [0.2, 0.25) is 11.8 Å². The number of piperidine rings is 2. The van der Waals surface area contributed by atoms with E-state index >= 15 is 4.39 Å². The Morgan fingerprint density at radius 1 is 1.29 bits per heavy atom. The number of fused-ring (bicyclic) bond motifs is 5. The van der Waals surface area contributed by atoms with E-state index in [9.17, 15) is 9.59 Å². The summed E-state index contributed by atoms with van der Waals surface area (Å²) in [7, 11) is 0. The predicted octanol–water partition coefficient (Wildman–Crippen LogP) is 0.647. The number of aliphatic imine (C=N–C) groups is 1. The van der Waals surface area contributed by atoms with E-state index in [0.29, 0.717) is 32.0 Å². The van der Waals surface area contributed by atoms with Gasteiger partial charge in [0, 0.05) is 44.1 Å². The highest BCUT2D eigenvalue weighted by atomic mass is 19.1. The van der Waals surface area contributed by atoms with Gasteiger partial charge in [-0.05, 0) is 44.4 Å². The minimum atomic E-state index is -1.23. The molecule has 4 saturated heterocycles. The number of hydrogen-bond acceptors (Lipinski definition) is 9. The Kier molecular flexibility index (Phi) is 7.96. The number of carbonyl (C=O) groups is 2. The molecule has 4 bridgehead atoms. The van der Waals surface area contributed by atoms with Gasteiger partial charge >= 0.3 is 6.03 Å². The highest BCUT2D eigenvalue weighted by Gasteiger charge is 2.56. The summed E-state index contributed by atoms with van der Waals surface area (Å²) in [4.78, 5) is 42.6. The zero-order valence-electron chi connectivity index (χ0n) is 24.0. The molecule has 41 heavy (non-hydrogen) atoms. The molecule has 0 aliphatic carbocycles. The van der Waals surface area contributed by atoms with Crippen molar-refractivity contribution in [2.24, 2.45) is 16.8 Å². The Labute approximate surface area is 240 Å². The SMILES string of the molecule is C=CC(=O)N1CCN(C2NC(=O)N3C4NC(C(F)CC42)C2N=C(C/C=C\OC4CCNC(C(C)C)C43)ON2)[C@@H](C)C1. The number of alkyl halides is 1. The Hall–Kier alpha value is -2.74. The van der Waals surface area contributed by atoms with Crippen molar-refractivity contribution in [1.29, 1.82) is 0 Å². The number of urea groups is 1. The fourth-order valence-electron chi connectivity index (χ4n) is 7.57. The smallest absolute Gasteiger partial charge is 0.320 e. The molecule has 0 aromatic carbocycles. The van der Waals surface area contributed by atoms with Crippen LogP contribution in [0.5, 0.6) is 0 Å². The molecular formula is C28H43FN8O4. The lowest BCUT2D eigenvalue weighted by Crippen LogP contribution is -2.80. The minimum Gasteiger partial charge on any atom is -0.496 e. The second-order valence-corrected chi connectivity index (χ2v) is 12.4. The van der Waals surface area contributed by atoms with Crippen LogP contribution in [0, 0.1) is 11.8 Å². The quantitative estimate of drug-likeness (QED) is 0.363. The van der Waals surface area contributed by atoms with E-state index in [2.05, 4.69) is 51.7 Å². The number of amides is 3. The maximum atomic E-state index is 16.1. The molecule has 9 unspecified atom stereocenters. The number of rotatable bonds is 3. The topological polar surface area (TPSA) is 123 Å². The van der Waals surface area contributed by atoms with Gasteiger partial charge in [-0.15, -0.1) is 5.48 Å². The van der Waals surface area contributed by atoms with Gasteiger partial charge in [-0.1, -0.05) is 20.4 Å². The lowest BCUT2D eigenvalue weighted by Gasteiger charge is -2.59. The molecule has 0 aromatic heterocycles. The van der Waals surface area contributed by atoms with Gasteiger partial charge in [0.1, 0.15) is 12.3 Å². The van der Waals surface area contributed by atoms with E-state index in [-0.39, 0.29) is 54.4 Å². The summed E-state index contributed by atoms with van der Waals surface area (Å²) in [6, 6.07) is -1.21. The molecule has 0 aromatic rings. The zero-order chi connectivity index (χ0) is 28.8. The summed E-state index contributed by atoms with van der Waals surface area (Å²) >= 11 is 0. The Balaban J connectivity index is 1.37.